The second-order valence-electron chi connectivity index (χ2n) is 9.92. The van der Waals surface area contributed by atoms with Gasteiger partial charge in [0.05, 0.1) is 0 Å². The smallest absolute Gasteiger partial charge is 0.0266 e. The van der Waals surface area contributed by atoms with Gasteiger partial charge in [-0.1, -0.05) is 86.9 Å². The van der Waals surface area contributed by atoms with Crippen LogP contribution >= 0.6 is 8.58 Å². The van der Waals surface area contributed by atoms with Crippen LogP contribution in [0.15, 0.2) is 29.4 Å². The summed E-state index contributed by atoms with van der Waals surface area (Å²) in [5, 5.41) is 0.348. The zero-order valence-electron chi connectivity index (χ0n) is 19.9. The molecule has 0 aromatic heterocycles. The summed E-state index contributed by atoms with van der Waals surface area (Å²) in [5.41, 5.74) is 5.11. The molecule has 158 valence electrons. The highest BCUT2D eigenvalue weighted by Crippen LogP contribution is 2.51. The van der Waals surface area contributed by atoms with E-state index < -0.39 is 0 Å². The zero-order valence-corrected chi connectivity index (χ0v) is 20.9. The highest BCUT2D eigenvalue weighted by Gasteiger charge is 2.33. The van der Waals surface area contributed by atoms with Crippen molar-refractivity contribution >= 4 is 21.4 Å². The standard InChI is InChI=1S/C26H44NP/c1-11-19(3)24-14-13-22(17-23(24)15-16-27-10)21(5)28-26(8,9)18-25(6,7)20(4)12-2/h13-17,19-21,28H,10-12,18H2,1-9H3. The lowest BCUT2D eigenvalue weighted by Crippen LogP contribution is -2.30. The van der Waals surface area contributed by atoms with Crippen molar-refractivity contribution in [2.24, 2.45) is 16.3 Å². The van der Waals surface area contributed by atoms with Crippen LogP contribution in [0.25, 0.3) is 6.08 Å². The van der Waals surface area contributed by atoms with Crippen LogP contribution in [-0.4, -0.2) is 11.9 Å². The lowest BCUT2D eigenvalue weighted by atomic mass is 9.73. The molecule has 0 N–H and O–H groups in total. The number of hydrogen-bond acceptors (Lipinski definition) is 1. The van der Waals surface area contributed by atoms with Crippen LogP contribution in [-0.2, 0) is 0 Å². The third-order valence-electron chi connectivity index (χ3n) is 6.56. The molecule has 4 atom stereocenters. The molecule has 0 heterocycles. The fraction of sp³-hybridized carbons (Fsp3) is 0.654. The fourth-order valence-electron chi connectivity index (χ4n) is 4.39. The van der Waals surface area contributed by atoms with Crippen LogP contribution in [0.5, 0.6) is 0 Å². The summed E-state index contributed by atoms with van der Waals surface area (Å²) in [6, 6.07) is 7.08. The van der Waals surface area contributed by atoms with E-state index in [0.29, 0.717) is 22.1 Å². The predicted molar refractivity (Wildman–Crippen MR) is 132 cm³/mol. The summed E-state index contributed by atoms with van der Waals surface area (Å²) in [7, 11) is 0.908. The van der Waals surface area contributed by atoms with Gasteiger partial charge in [0.2, 0.25) is 0 Å². The van der Waals surface area contributed by atoms with E-state index >= 15 is 0 Å². The second-order valence-corrected chi connectivity index (χ2v) is 12.4. The predicted octanol–water partition coefficient (Wildman–Crippen LogP) is 8.85. The molecule has 0 aliphatic rings. The van der Waals surface area contributed by atoms with Crippen LogP contribution in [0.3, 0.4) is 0 Å². The average molecular weight is 402 g/mol. The maximum absolute atomic E-state index is 3.93. The van der Waals surface area contributed by atoms with Gasteiger partial charge in [-0.25, -0.2) is 0 Å². The normalized spacial score (nSPS) is 16.6. The van der Waals surface area contributed by atoms with Gasteiger partial charge in [-0.2, -0.15) is 0 Å². The first-order valence-electron chi connectivity index (χ1n) is 11.0. The van der Waals surface area contributed by atoms with E-state index in [4.69, 9.17) is 0 Å². The lowest BCUT2D eigenvalue weighted by molar-refractivity contribution is 0.188. The van der Waals surface area contributed by atoms with Gasteiger partial charge in [-0.3, -0.25) is 4.99 Å². The Morgan fingerprint density at radius 3 is 2.25 bits per heavy atom. The van der Waals surface area contributed by atoms with Crippen molar-refractivity contribution in [3.05, 3.63) is 41.1 Å². The minimum absolute atomic E-state index is 0.348. The topological polar surface area (TPSA) is 12.4 Å². The van der Waals surface area contributed by atoms with E-state index in [-0.39, 0.29) is 0 Å². The molecule has 0 radical (unpaired) electrons. The van der Waals surface area contributed by atoms with E-state index in [0.717, 1.165) is 20.9 Å². The van der Waals surface area contributed by atoms with Crippen molar-refractivity contribution in [1.29, 1.82) is 0 Å². The van der Waals surface area contributed by atoms with Crippen molar-refractivity contribution in [2.45, 2.75) is 98.3 Å². The molecular weight excluding hydrogens is 357 g/mol. The van der Waals surface area contributed by atoms with Gasteiger partial charge in [-0.05, 0) is 70.4 Å². The Bertz CT molecular complexity index is 656. The Labute approximate surface area is 177 Å². The van der Waals surface area contributed by atoms with Gasteiger partial charge in [0.25, 0.3) is 0 Å². The van der Waals surface area contributed by atoms with Crippen LogP contribution in [0.4, 0.5) is 0 Å². The molecule has 4 unspecified atom stereocenters. The highest BCUT2D eigenvalue weighted by atomic mass is 31.1. The zero-order chi connectivity index (χ0) is 21.5. The first-order valence-corrected chi connectivity index (χ1v) is 12.1. The number of nitrogens with zero attached hydrogens (tertiary/aromatic N) is 1. The average Bonchev–Trinajstić information content (AvgIpc) is 2.63. The number of hydrogen-bond donors (Lipinski definition) is 0. The van der Waals surface area contributed by atoms with Crippen LogP contribution in [0, 0.1) is 11.3 Å². The summed E-state index contributed by atoms with van der Waals surface area (Å²) >= 11 is 0. The van der Waals surface area contributed by atoms with Crippen LogP contribution in [0.1, 0.15) is 110 Å². The van der Waals surface area contributed by atoms with Crippen molar-refractivity contribution in [2.75, 3.05) is 0 Å². The molecule has 2 heteroatoms. The van der Waals surface area contributed by atoms with Gasteiger partial charge < -0.3 is 0 Å². The van der Waals surface area contributed by atoms with E-state index in [1.807, 2.05) is 6.20 Å². The minimum Gasteiger partial charge on any atom is -0.272 e. The molecular formula is C26H44NP. The van der Waals surface area contributed by atoms with Crippen molar-refractivity contribution in [3.63, 3.8) is 0 Å². The molecule has 1 aromatic carbocycles. The van der Waals surface area contributed by atoms with Gasteiger partial charge in [0.15, 0.2) is 0 Å². The van der Waals surface area contributed by atoms with E-state index in [9.17, 15) is 0 Å². The van der Waals surface area contributed by atoms with Crippen LogP contribution < -0.4 is 0 Å². The van der Waals surface area contributed by atoms with Gasteiger partial charge in [-0.15, -0.1) is 8.58 Å². The first kappa shape index (κ1) is 25.1. The molecule has 0 aliphatic heterocycles. The summed E-state index contributed by atoms with van der Waals surface area (Å²) in [4.78, 5) is 3.93. The third kappa shape index (κ3) is 7.14. The molecule has 0 bridgehead atoms. The fourth-order valence-corrected chi connectivity index (χ4v) is 6.47. The molecule has 0 spiro atoms. The van der Waals surface area contributed by atoms with Crippen LogP contribution in [0.2, 0.25) is 0 Å². The number of aliphatic imine (C=N–C) groups is 1. The number of rotatable bonds is 11. The summed E-state index contributed by atoms with van der Waals surface area (Å²) < 4.78 is 0. The monoisotopic (exact) mass is 401 g/mol. The molecule has 0 saturated carbocycles. The van der Waals surface area contributed by atoms with Gasteiger partial charge in [0.1, 0.15) is 0 Å². The quantitative estimate of drug-likeness (QED) is 0.259. The molecule has 1 rings (SSSR count). The van der Waals surface area contributed by atoms with Crippen molar-refractivity contribution in [3.8, 4) is 0 Å². The Hall–Kier alpha value is -0.940. The van der Waals surface area contributed by atoms with E-state index in [1.54, 1.807) is 0 Å². The van der Waals surface area contributed by atoms with Crippen molar-refractivity contribution in [1.82, 2.24) is 0 Å². The minimum atomic E-state index is 0.348. The summed E-state index contributed by atoms with van der Waals surface area (Å²) in [6.45, 7) is 25.1. The SMILES string of the molecule is C=NC=Cc1cc(C(C)PC(C)(C)CC(C)(C)C(C)CC)ccc1C(C)CC. The molecule has 1 nitrogen and oxygen atoms in total. The third-order valence-corrected chi connectivity index (χ3v) is 8.29. The molecule has 0 amide bonds. The Morgan fingerprint density at radius 2 is 1.71 bits per heavy atom. The Morgan fingerprint density at radius 1 is 1.07 bits per heavy atom. The Balaban J connectivity index is 3.06. The summed E-state index contributed by atoms with van der Waals surface area (Å²) in [6.07, 6.45) is 7.61. The first-order chi connectivity index (χ1) is 13.0. The van der Waals surface area contributed by atoms with Gasteiger partial charge in [0, 0.05) is 6.20 Å². The second kappa shape index (κ2) is 10.7. The molecule has 28 heavy (non-hydrogen) atoms. The number of benzene rings is 1. The van der Waals surface area contributed by atoms with E-state index in [2.05, 4.69) is 98.3 Å². The maximum atomic E-state index is 3.93. The lowest BCUT2D eigenvalue weighted by Gasteiger charge is -2.40. The van der Waals surface area contributed by atoms with Crippen molar-refractivity contribution < 1.29 is 0 Å². The molecule has 0 aliphatic carbocycles. The molecule has 0 fully saturated rings. The molecule has 1 aromatic rings. The Kier molecular flexibility index (Phi) is 9.61. The molecule has 0 saturated heterocycles. The van der Waals surface area contributed by atoms with E-state index in [1.165, 1.54) is 29.5 Å². The summed E-state index contributed by atoms with van der Waals surface area (Å²) in [5.74, 6) is 1.31. The highest BCUT2D eigenvalue weighted by molar-refractivity contribution is 7.40. The largest absolute Gasteiger partial charge is 0.272 e. The van der Waals surface area contributed by atoms with Gasteiger partial charge >= 0.3 is 0 Å². The maximum Gasteiger partial charge on any atom is 0.0266 e.